The van der Waals surface area contributed by atoms with Gasteiger partial charge in [0.15, 0.2) is 0 Å². The van der Waals surface area contributed by atoms with Crippen LogP contribution in [0.2, 0.25) is 0 Å². The minimum Gasteiger partial charge on any atom is -0.387 e. The van der Waals surface area contributed by atoms with Crippen LogP contribution in [0.4, 0.5) is 5.69 Å². The van der Waals surface area contributed by atoms with Crippen LogP contribution in [-0.4, -0.2) is 39.3 Å². The van der Waals surface area contributed by atoms with Gasteiger partial charge in [-0.3, -0.25) is 14.6 Å². The standard InChI is InChI=1S/C32H33N5O2/c1-3-14-36(15-4-2)31(38)26-18-25-9-8-23(19-29(25)35-30(33)20-26)22-10-11-28-24(17-22)12-16-37(32(28)39)21-27-7-5-6-13-34-27/h5-13,16-19H,3-4,14-15,20-21H2,1-2H3,(H2,33,35). The number of carbonyl (C=O) groups excluding carboxylic acids is 1. The first-order valence-corrected chi connectivity index (χ1v) is 13.5. The molecule has 0 fully saturated rings. The Morgan fingerprint density at radius 2 is 1.77 bits per heavy atom. The lowest BCUT2D eigenvalue weighted by molar-refractivity contribution is -0.127. The van der Waals surface area contributed by atoms with Crippen LogP contribution < -0.4 is 11.3 Å². The molecule has 1 aliphatic rings. The van der Waals surface area contributed by atoms with E-state index in [1.807, 2.05) is 77.8 Å². The van der Waals surface area contributed by atoms with Gasteiger partial charge < -0.3 is 15.2 Å². The van der Waals surface area contributed by atoms with Gasteiger partial charge in [0, 0.05) is 48.4 Å². The van der Waals surface area contributed by atoms with Gasteiger partial charge in [-0.05, 0) is 71.8 Å². The molecule has 4 aromatic rings. The van der Waals surface area contributed by atoms with Gasteiger partial charge in [-0.1, -0.05) is 38.1 Å². The molecule has 2 aromatic carbocycles. The summed E-state index contributed by atoms with van der Waals surface area (Å²) in [6, 6.07) is 19.5. The van der Waals surface area contributed by atoms with E-state index in [9.17, 15) is 9.59 Å². The zero-order valence-electron chi connectivity index (χ0n) is 22.4. The van der Waals surface area contributed by atoms with Gasteiger partial charge in [0.1, 0.15) is 5.84 Å². The number of nitrogens with two attached hydrogens (primary N) is 1. The molecule has 39 heavy (non-hydrogen) atoms. The molecule has 7 nitrogen and oxygen atoms in total. The fourth-order valence-electron chi connectivity index (χ4n) is 5.02. The van der Waals surface area contributed by atoms with Crippen LogP contribution in [0.1, 0.15) is 44.4 Å². The van der Waals surface area contributed by atoms with Crippen molar-refractivity contribution < 1.29 is 4.79 Å². The average molecular weight is 520 g/mol. The molecule has 5 rings (SSSR count). The number of hydrogen-bond acceptors (Lipinski definition) is 5. The Bertz CT molecular complexity index is 1630. The Kier molecular flexibility index (Phi) is 7.68. The summed E-state index contributed by atoms with van der Waals surface area (Å²) in [6.45, 7) is 6.03. The van der Waals surface area contributed by atoms with E-state index < -0.39 is 0 Å². The van der Waals surface area contributed by atoms with Crippen molar-refractivity contribution in [3.8, 4) is 11.1 Å². The van der Waals surface area contributed by atoms with E-state index in [2.05, 4.69) is 23.8 Å². The Hall–Kier alpha value is -4.52. The summed E-state index contributed by atoms with van der Waals surface area (Å²) in [5.41, 5.74) is 11.3. The molecule has 0 radical (unpaired) electrons. The second kappa shape index (κ2) is 11.5. The normalized spacial score (nSPS) is 12.9. The number of rotatable bonds is 8. The van der Waals surface area contributed by atoms with Gasteiger partial charge in [-0.2, -0.15) is 0 Å². The summed E-state index contributed by atoms with van der Waals surface area (Å²) in [7, 11) is 0. The predicted octanol–water partition coefficient (Wildman–Crippen LogP) is 5.54. The molecule has 1 aliphatic heterocycles. The lowest BCUT2D eigenvalue weighted by atomic mass is 9.99. The molecule has 0 atom stereocenters. The van der Waals surface area contributed by atoms with E-state index in [1.165, 1.54) is 0 Å². The van der Waals surface area contributed by atoms with Gasteiger partial charge in [-0.15, -0.1) is 0 Å². The van der Waals surface area contributed by atoms with Crippen molar-refractivity contribution in [2.75, 3.05) is 13.1 Å². The van der Waals surface area contributed by atoms with Crippen molar-refractivity contribution in [1.82, 2.24) is 14.5 Å². The highest BCUT2D eigenvalue weighted by Crippen LogP contribution is 2.33. The number of aromatic nitrogens is 2. The molecule has 0 saturated heterocycles. The first-order chi connectivity index (χ1) is 19.0. The Morgan fingerprint density at radius 1 is 1.00 bits per heavy atom. The molecule has 0 spiro atoms. The molecule has 0 saturated carbocycles. The highest BCUT2D eigenvalue weighted by atomic mass is 16.2. The van der Waals surface area contributed by atoms with Crippen molar-refractivity contribution >= 4 is 34.3 Å². The van der Waals surface area contributed by atoms with E-state index >= 15 is 0 Å². The number of benzene rings is 2. The minimum atomic E-state index is -0.0495. The van der Waals surface area contributed by atoms with Crippen LogP contribution in [0.5, 0.6) is 0 Å². The van der Waals surface area contributed by atoms with Crippen LogP contribution in [0.25, 0.3) is 28.0 Å². The summed E-state index contributed by atoms with van der Waals surface area (Å²) in [6.07, 6.45) is 7.61. The number of carbonyl (C=O) groups is 1. The molecule has 0 unspecified atom stereocenters. The van der Waals surface area contributed by atoms with E-state index in [-0.39, 0.29) is 11.5 Å². The number of fused-ring (bicyclic) bond motifs is 2. The molecular weight excluding hydrogens is 486 g/mol. The Labute approximate surface area is 228 Å². The summed E-state index contributed by atoms with van der Waals surface area (Å²) >= 11 is 0. The van der Waals surface area contributed by atoms with Gasteiger partial charge in [0.25, 0.3) is 5.56 Å². The van der Waals surface area contributed by atoms with Gasteiger partial charge >= 0.3 is 0 Å². The van der Waals surface area contributed by atoms with E-state index in [4.69, 9.17) is 5.73 Å². The van der Waals surface area contributed by atoms with Crippen LogP contribution in [0, 0.1) is 0 Å². The zero-order chi connectivity index (χ0) is 27.4. The zero-order valence-corrected chi connectivity index (χ0v) is 22.4. The largest absolute Gasteiger partial charge is 0.387 e. The molecular formula is C32H33N5O2. The number of pyridine rings is 2. The van der Waals surface area contributed by atoms with Crippen LogP contribution in [0.15, 0.2) is 88.4 Å². The fraction of sp³-hybridized carbons (Fsp3) is 0.250. The maximum absolute atomic E-state index is 13.3. The topological polar surface area (TPSA) is 93.6 Å². The smallest absolute Gasteiger partial charge is 0.258 e. The summed E-state index contributed by atoms with van der Waals surface area (Å²) < 4.78 is 1.68. The molecule has 1 amide bonds. The number of hydrogen-bond donors (Lipinski definition) is 1. The Morgan fingerprint density at radius 3 is 2.51 bits per heavy atom. The SMILES string of the molecule is CCCN(CCC)C(=O)C1=Cc2ccc(-c3ccc4c(=O)n(Cc5ccccn5)ccc4c3)cc2N=C(N)C1. The van der Waals surface area contributed by atoms with E-state index in [1.54, 1.807) is 10.8 Å². The van der Waals surface area contributed by atoms with Crippen molar-refractivity contribution in [2.24, 2.45) is 10.7 Å². The van der Waals surface area contributed by atoms with Crippen molar-refractivity contribution in [3.05, 3.63) is 100 Å². The second-order valence-corrected chi connectivity index (χ2v) is 9.89. The van der Waals surface area contributed by atoms with Gasteiger partial charge in [-0.25, -0.2) is 4.99 Å². The molecule has 2 N–H and O–H groups in total. The molecule has 2 aromatic heterocycles. The second-order valence-electron chi connectivity index (χ2n) is 9.89. The monoisotopic (exact) mass is 519 g/mol. The van der Waals surface area contributed by atoms with E-state index in [0.717, 1.165) is 59.4 Å². The molecule has 7 heteroatoms. The highest BCUT2D eigenvalue weighted by Gasteiger charge is 2.21. The summed E-state index contributed by atoms with van der Waals surface area (Å²) in [4.78, 5) is 37.3. The van der Waals surface area contributed by atoms with E-state index in [0.29, 0.717) is 29.8 Å². The maximum Gasteiger partial charge on any atom is 0.258 e. The first kappa shape index (κ1) is 26.1. The first-order valence-electron chi connectivity index (χ1n) is 13.5. The number of amides is 1. The molecule has 198 valence electrons. The summed E-state index contributed by atoms with van der Waals surface area (Å²) in [5, 5.41) is 1.52. The van der Waals surface area contributed by atoms with Crippen LogP contribution in [-0.2, 0) is 11.3 Å². The molecule has 0 bridgehead atoms. The fourth-order valence-corrected chi connectivity index (χ4v) is 5.02. The highest BCUT2D eigenvalue weighted by molar-refractivity contribution is 6.05. The lowest BCUT2D eigenvalue weighted by Gasteiger charge is -2.22. The summed E-state index contributed by atoms with van der Waals surface area (Å²) in [5.74, 6) is 0.447. The van der Waals surface area contributed by atoms with Crippen molar-refractivity contribution in [1.29, 1.82) is 0 Å². The van der Waals surface area contributed by atoms with Gasteiger partial charge in [0.05, 0.1) is 17.9 Å². The Balaban J connectivity index is 1.46. The third-order valence-corrected chi connectivity index (χ3v) is 6.91. The van der Waals surface area contributed by atoms with Crippen molar-refractivity contribution in [2.45, 2.75) is 39.7 Å². The van der Waals surface area contributed by atoms with Crippen molar-refractivity contribution in [3.63, 3.8) is 0 Å². The number of nitrogens with zero attached hydrogens (tertiary/aromatic N) is 4. The third-order valence-electron chi connectivity index (χ3n) is 6.91. The average Bonchev–Trinajstić information content (AvgIpc) is 3.12. The van der Waals surface area contributed by atoms with Gasteiger partial charge in [0.2, 0.25) is 5.91 Å². The number of amidine groups is 1. The molecule has 3 heterocycles. The molecule has 0 aliphatic carbocycles. The lowest BCUT2D eigenvalue weighted by Crippen LogP contribution is -2.34. The predicted molar refractivity (Wildman–Crippen MR) is 158 cm³/mol. The van der Waals surface area contributed by atoms with Crippen LogP contribution >= 0.6 is 0 Å². The quantitative estimate of drug-likeness (QED) is 0.331. The minimum absolute atomic E-state index is 0.0250. The maximum atomic E-state index is 13.3. The number of aliphatic imine (C=N–C) groups is 1. The third kappa shape index (κ3) is 5.67. The van der Waals surface area contributed by atoms with Crippen LogP contribution in [0.3, 0.4) is 0 Å².